The summed E-state index contributed by atoms with van der Waals surface area (Å²) in [5, 5.41) is 5.41. The third-order valence-electron chi connectivity index (χ3n) is 3.43. The Hall–Kier alpha value is -2.83. The fraction of sp³-hybridized carbons (Fsp3) is 0.0556. The van der Waals surface area contributed by atoms with Crippen molar-refractivity contribution in [3.63, 3.8) is 0 Å². The van der Waals surface area contributed by atoms with Gasteiger partial charge in [0.1, 0.15) is 5.75 Å². The summed E-state index contributed by atoms with van der Waals surface area (Å²) in [6, 6.07) is 13.7. The van der Waals surface area contributed by atoms with Gasteiger partial charge in [-0.3, -0.25) is 9.59 Å². The maximum absolute atomic E-state index is 12.0. The highest BCUT2D eigenvalue weighted by Crippen LogP contribution is 2.27. The van der Waals surface area contributed by atoms with E-state index in [1.54, 1.807) is 24.3 Å². The van der Waals surface area contributed by atoms with Crippen molar-refractivity contribution in [1.82, 2.24) is 10.4 Å². The van der Waals surface area contributed by atoms with Crippen molar-refractivity contribution in [2.75, 3.05) is 6.61 Å². The third kappa shape index (κ3) is 4.41. The van der Waals surface area contributed by atoms with Gasteiger partial charge >= 0.3 is 0 Å². The van der Waals surface area contributed by atoms with E-state index in [1.807, 2.05) is 18.2 Å². The van der Waals surface area contributed by atoms with Gasteiger partial charge in [-0.2, -0.15) is 5.10 Å². The van der Waals surface area contributed by atoms with E-state index in [0.29, 0.717) is 21.4 Å². The van der Waals surface area contributed by atoms with Crippen LogP contribution in [0.15, 0.2) is 58.4 Å². The SMILES string of the molecule is O=C(COc1ccc(Cl)cc1Cl)N/N=C\c1cc2ccccc2[nH]c1=O. The maximum Gasteiger partial charge on any atom is 0.277 e. The first-order chi connectivity index (χ1) is 12.5. The molecule has 0 spiro atoms. The van der Waals surface area contributed by atoms with Crippen LogP contribution in [0.2, 0.25) is 10.0 Å². The Morgan fingerprint density at radius 3 is 2.81 bits per heavy atom. The molecule has 0 bridgehead atoms. The van der Waals surface area contributed by atoms with Gasteiger partial charge < -0.3 is 9.72 Å². The summed E-state index contributed by atoms with van der Waals surface area (Å²) in [5.41, 5.74) is 3.04. The van der Waals surface area contributed by atoms with E-state index < -0.39 is 5.91 Å². The lowest BCUT2D eigenvalue weighted by Gasteiger charge is -2.07. The molecule has 0 aliphatic heterocycles. The van der Waals surface area contributed by atoms with Crippen molar-refractivity contribution in [2.24, 2.45) is 5.10 Å². The predicted molar refractivity (Wildman–Crippen MR) is 102 cm³/mol. The molecule has 3 aromatic rings. The number of H-pyrrole nitrogens is 1. The van der Waals surface area contributed by atoms with Gasteiger partial charge in [-0.1, -0.05) is 41.4 Å². The number of halogens is 2. The second kappa shape index (κ2) is 8.03. The molecule has 0 saturated carbocycles. The Morgan fingerprint density at radius 1 is 1.19 bits per heavy atom. The monoisotopic (exact) mass is 389 g/mol. The van der Waals surface area contributed by atoms with Crippen molar-refractivity contribution >= 4 is 46.2 Å². The highest BCUT2D eigenvalue weighted by molar-refractivity contribution is 6.35. The summed E-state index contributed by atoms with van der Waals surface area (Å²) in [6.45, 7) is -0.285. The number of nitrogens with zero attached hydrogens (tertiary/aromatic N) is 1. The first kappa shape index (κ1) is 18.0. The predicted octanol–water partition coefficient (Wildman–Crippen LogP) is 3.36. The molecule has 132 valence electrons. The van der Waals surface area contributed by atoms with Crippen LogP contribution in [0.5, 0.6) is 5.75 Å². The average molecular weight is 390 g/mol. The number of hydrogen-bond donors (Lipinski definition) is 2. The van der Waals surface area contributed by atoms with Crippen LogP contribution in [0.4, 0.5) is 0 Å². The molecule has 0 fully saturated rings. The number of carbonyl (C=O) groups excluding carboxylic acids is 1. The molecule has 1 amide bonds. The minimum Gasteiger partial charge on any atom is -0.482 e. The second-order valence-electron chi connectivity index (χ2n) is 5.30. The summed E-state index contributed by atoms with van der Waals surface area (Å²) in [5.74, 6) is -0.161. The molecule has 6 nitrogen and oxygen atoms in total. The number of nitrogens with one attached hydrogen (secondary N) is 2. The van der Waals surface area contributed by atoms with Gasteiger partial charge in [0.2, 0.25) is 0 Å². The van der Waals surface area contributed by atoms with Crippen LogP contribution in [-0.2, 0) is 4.79 Å². The van der Waals surface area contributed by atoms with Gasteiger partial charge in [0, 0.05) is 10.5 Å². The van der Waals surface area contributed by atoms with Crippen molar-refractivity contribution in [1.29, 1.82) is 0 Å². The average Bonchev–Trinajstić information content (AvgIpc) is 2.61. The second-order valence-corrected chi connectivity index (χ2v) is 6.14. The number of aromatic amines is 1. The molecule has 0 atom stereocenters. The van der Waals surface area contributed by atoms with E-state index >= 15 is 0 Å². The molecular weight excluding hydrogens is 377 g/mol. The number of hydrogen-bond acceptors (Lipinski definition) is 4. The molecule has 2 N–H and O–H groups in total. The van der Waals surface area contributed by atoms with Crippen molar-refractivity contribution in [2.45, 2.75) is 0 Å². The van der Waals surface area contributed by atoms with Crippen LogP contribution in [0, 0.1) is 0 Å². The molecule has 0 saturated heterocycles. The van der Waals surface area contributed by atoms with Gasteiger partial charge in [0.05, 0.1) is 16.8 Å². The topological polar surface area (TPSA) is 83.5 Å². The number of para-hydroxylation sites is 1. The Morgan fingerprint density at radius 2 is 2.00 bits per heavy atom. The fourth-order valence-electron chi connectivity index (χ4n) is 2.20. The highest BCUT2D eigenvalue weighted by atomic mass is 35.5. The van der Waals surface area contributed by atoms with E-state index in [0.717, 1.165) is 10.9 Å². The minimum absolute atomic E-state index is 0.285. The summed E-state index contributed by atoms with van der Waals surface area (Å²) < 4.78 is 5.29. The zero-order valence-corrected chi connectivity index (χ0v) is 14.8. The van der Waals surface area contributed by atoms with Crippen LogP contribution in [0.1, 0.15) is 5.56 Å². The van der Waals surface area contributed by atoms with Gasteiger partial charge in [-0.05, 0) is 35.7 Å². The third-order valence-corrected chi connectivity index (χ3v) is 3.96. The van der Waals surface area contributed by atoms with Crippen LogP contribution in [0.25, 0.3) is 10.9 Å². The number of pyridine rings is 1. The van der Waals surface area contributed by atoms with Crippen LogP contribution in [0.3, 0.4) is 0 Å². The number of ether oxygens (including phenoxy) is 1. The molecule has 0 aliphatic rings. The maximum atomic E-state index is 12.0. The number of aromatic nitrogens is 1. The number of fused-ring (bicyclic) bond motifs is 1. The van der Waals surface area contributed by atoms with Gasteiger partial charge in [0.15, 0.2) is 6.61 Å². The van der Waals surface area contributed by atoms with Gasteiger partial charge in [-0.25, -0.2) is 5.43 Å². The minimum atomic E-state index is -0.496. The number of amides is 1. The summed E-state index contributed by atoms with van der Waals surface area (Å²) >= 11 is 11.7. The van der Waals surface area contributed by atoms with Gasteiger partial charge in [0.25, 0.3) is 11.5 Å². The number of rotatable bonds is 5. The lowest BCUT2D eigenvalue weighted by molar-refractivity contribution is -0.123. The summed E-state index contributed by atoms with van der Waals surface area (Å²) in [6.07, 6.45) is 1.28. The van der Waals surface area contributed by atoms with Crippen molar-refractivity contribution in [3.05, 3.63) is 74.5 Å². The summed E-state index contributed by atoms with van der Waals surface area (Å²) in [4.78, 5) is 26.5. The molecule has 3 rings (SSSR count). The number of carbonyl (C=O) groups is 1. The standard InChI is InChI=1S/C18H13Cl2N3O3/c19-13-5-6-16(14(20)8-13)26-10-17(24)23-21-9-12-7-11-3-1-2-4-15(11)22-18(12)25/h1-9H,10H2,(H,22,25)(H,23,24)/b21-9-. The Bertz CT molecular complexity index is 1050. The lowest BCUT2D eigenvalue weighted by Crippen LogP contribution is -2.25. The van der Waals surface area contributed by atoms with E-state index in [9.17, 15) is 9.59 Å². The molecule has 0 radical (unpaired) electrons. The summed E-state index contributed by atoms with van der Waals surface area (Å²) in [7, 11) is 0. The molecule has 0 unspecified atom stereocenters. The van der Waals surface area contributed by atoms with Crippen LogP contribution >= 0.6 is 23.2 Å². The molecule has 1 heterocycles. The molecule has 26 heavy (non-hydrogen) atoms. The normalized spacial score (nSPS) is 11.0. The van der Waals surface area contributed by atoms with E-state index in [1.165, 1.54) is 12.3 Å². The molecule has 0 aliphatic carbocycles. The zero-order chi connectivity index (χ0) is 18.5. The van der Waals surface area contributed by atoms with E-state index in [4.69, 9.17) is 27.9 Å². The Kier molecular flexibility index (Phi) is 5.55. The quantitative estimate of drug-likeness (QED) is 0.518. The van der Waals surface area contributed by atoms with Crippen LogP contribution in [-0.4, -0.2) is 23.7 Å². The molecular formula is C18H13Cl2N3O3. The largest absolute Gasteiger partial charge is 0.482 e. The van der Waals surface area contributed by atoms with E-state index in [-0.39, 0.29) is 12.2 Å². The molecule has 8 heteroatoms. The first-order valence-corrected chi connectivity index (χ1v) is 8.30. The number of benzene rings is 2. The smallest absolute Gasteiger partial charge is 0.277 e. The highest BCUT2D eigenvalue weighted by Gasteiger charge is 2.06. The van der Waals surface area contributed by atoms with Crippen molar-refractivity contribution in [3.8, 4) is 5.75 Å². The lowest BCUT2D eigenvalue weighted by atomic mass is 10.2. The van der Waals surface area contributed by atoms with Crippen molar-refractivity contribution < 1.29 is 9.53 Å². The number of hydrazone groups is 1. The Balaban J connectivity index is 1.60. The first-order valence-electron chi connectivity index (χ1n) is 7.55. The Labute approximate surface area is 158 Å². The molecule has 1 aromatic heterocycles. The zero-order valence-electron chi connectivity index (χ0n) is 13.3. The van der Waals surface area contributed by atoms with Gasteiger partial charge in [-0.15, -0.1) is 0 Å². The molecule has 2 aromatic carbocycles. The fourth-order valence-corrected chi connectivity index (χ4v) is 2.66. The van der Waals surface area contributed by atoms with Crippen LogP contribution < -0.4 is 15.7 Å². The van der Waals surface area contributed by atoms with E-state index in [2.05, 4.69) is 15.5 Å².